The second-order valence-corrected chi connectivity index (χ2v) is 11.8. The van der Waals surface area contributed by atoms with E-state index in [1.807, 2.05) is 48.5 Å². The smallest absolute Gasteiger partial charge is 0.300 e. The van der Waals surface area contributed by atoms with Gasteiger partial charge in [-0.2, -0.15) is 0 Å². The van der Waals surface area contributed by atoms with Crippen molar-refractivity contribution >= 4 is 23.1 Å². The van der Waals surface area contributed by atoms with Crippen LogP contribution < -0.4 is 4.90 Å². The summed E-state index contributed by atoms with van der Waals surface area (Å²) in [6, 6.07) is 18.7. The van der Waals surface area contributed by atoms with Crippen LogP contribution in [0.2, 0.25) is 0 Å². The first kappa shape index (κ1) is 26.3. The molecule has 4 rings (SSSR count). The Bertz CT molecular complexity index is 1390. The number of anilines is 1. The zero-order chi connectivity index (χ0) is 27.3. The number of amides is 1. The van der Waals surface area contributed by atoms with E-state index in [1.165, 1.54) is 23.1 Å². The minimum Gasteiger partial charge on any atom is -0.507 e. The quantitative estimate of drug-likeness (QED) is 0.233. The third-order valence-electron chi connectivity index (χ3n) is 6.98. The van der Waals surface area contributed by atoms with Crippen LogP contribution in [0.4, 0.5) is 10.1 Å². The molecule has 5 heteroatoms. The maximum atomic E-state index is 13.9. The lowest BCUT2D eigenvalue weighted by atomic mass is 9.85. The summed E-state index contributed by atoms with van der Waals surface area (Å²) in [4.78, 5) is 28.3. The van der Waals surface area contributed by atoms with E-state index < -0.39 is 23.5 Å². The van der Waals surface area contributed by atoms with E-state index >= 15 is 0 Å². The summed E-state index contributed by atoms with van der Waals surface area (Å²) in [5, 5.41) is 11.3. The van der Waals surface area contributed by atoms with Crippen LogP contribution in [0.3, 0.4) is 0 Å². The summed E-state index contributed by atoms with van der Waals surface area (Å²) in [5.74, 6) is -2.22. The number of aliphatic hydroxyl groups is 1. The standard InChI is InChI=1S/C32H34FNO3/c1-19-18-21(10-17-25(19)33)28(35)26-27(20-8-11-22(12-9-20)31(2,3)4)34(30(37)29(26)36)24-15-13-23(14-16-24)32(5,6)7/h8-18,27,35H,1-7H3/b28-26-. The lowest BCUT2D eigenvalue weighted by Crippen LogP contribution is -2.29. The normalized spacial score (nSPS) is 17.9. The number of Topliss-reactive ketones (excluding diaryl/α,β-unsaturated/α-hetero) is 1. The van der Waals surface area contributed by atoms with Crippen molar-refractivity contribution in [2.45, 2.75) is 65.3 Å². The molecule has 0 spiro atoms. The average molecular weight is 500 g/mol. The van der Waals surface area contributed by atoms with Crippen molar-refractivity contribution in [1.82, 2.24) is 0 Å². The van der Waals surface area contributed by atoms with E-state index in [0.717, 1.165) is 11.1 Å². The predicted molar refractivity (Wildman–Crippen MR) is 146 cm³/mol. The van der Waals surface area contributed by atoms with Crippen molar-refractivity contribution in [3.05, 3.63) is 106 Å². The minimum atomic E-state index is -0.833. The van der Waals surface area contributed by atoms with Crippen LogP contribution in [0.5, 0.6) is 0 Å². The summed E-state index contributed by atoms with van der Waals surface area (Å²) in [5.41, 5.74) is 3.93. The number of carbonyl (C=O) groups is 2. The molecule has 1 N–H and O–H groups in total. The number of halogens is 1. The molecule has 0 aliphatic carbocycles. The van der Waals surface area contributed by atoms with Crippen LogP contribution in [-0.2, 0) is 20.4 Å². The van der Waals surface area contributed by atoms with E-state index in [4.69, 9.17) is 0 Å². The van der Waals surface area contributed by atoms with Crippen LogP contribution >= 0.6 is 0 Å². The summed E-state index contributed by atoms with van der Waals surface area (Å²) in [7, 11) is 0. The molecule has 0 bridgehead atoms. The number of rotatable bonds is 3. The highest BCUT2D eigenvalue weighted by molar-refractivity contribution is 6.51. The Labute approximate surface area is 218 Å². The first-order chi connectivity index (χ1) is 17.2. The molecule has 1 aliphatic heterocycles. The van der Waals surface area contributed by atoms with Crippen LogP contribution in [0.1, 0.15) is 75.4 Å². The molecule has 0 radical (unpaired) electrons. The Hall–Kier alpha value is -3.73. The van der Waals surface area contributed by atoms with Crippen molar-refractivity contribution in [3.63, 3.8) is 0 Å². The van der Waals surface area contributed by atoms with Gasteiger partial charge in [-0.25, -0.2) is 4.39 Å². The van der Waals surface area contributed by atoms with Gasteiger partial charge in [-0.1, -0.05) is 77.9 Å². The number of hydrogen-bond donors (Lipinski definition) is 1. The molecule has 4 nitrogen and oxygen atoms in total. The maximum absolute atomic E-state index is 13.9. The number of ketones is 1. The van der Waals surface area contributed by atoms with Crippen LogP contribution in [0, 0.1) is 12.7 Å². The van der Waals surface area contributed by atoms with Gasteiger partial charge >= 0.3 is 0 Å². The zero-order valence-electron chi connectivity index (χ0n) is 22.5. The summed E-state index contributed by atoms with van der Waals surface area (Å²) < 4.78 is 13.9. The molecule has 1 atom stereocenters. The SMILES string of the molecule is Cc1cc(/C(O)=C2/C(=O)C(=O)N(c3ccc(C(C)(C)C)cc3)C2c2ccc(C(C)(C)C)cc2)ccc1F. The molecular formula is C32H34FNO3. The number of benzene rings is 3. The van der Waals surface area contributed by atoms with Gasteiger partial charge in [0.05, 0.1) is 11.6 Å². The van der Waals surface area contributed by atoms with Crippen molar-refractivity contribution in [1.29, 1.82) is 0 Å². The van der Waals surface area contributed by atoms with Gasteiger partial charge in [-0.3, -0.25) is 14.5 Å². The van der Waals surface area contributed by atoms with E-state index in [-0.39, 0.29) is 27.7 Å². The van der Waals surface area contributed by atoms with E-state index in [0.29, 0.717) is 16.8 Å². The first-order valence-corrected chi connectivity index (χ1v) is 12.5. The fourth-order valence-corrected chi connectivity index (χ4v) is 4.65. The Balaban J connectivity index is 1.91. The topological polar surface area (TPSA) is 57.6 Å². The third-order valence-corrected chi connectivity index (χ3v) is 6.98. The lowest BCUT2D eigenvalue weighted by molar-refractivity contribution is -0.132. The second kappa shape index (κ2) is 9.29. The van der Waals surface area contributed by atoms with Gasteiger partial charge in [0.2, 0.25) is 0 Å². The predicted octanol–water partition coefficient (Wildman–Crippen LogP) is 7.36. The lowest BCUT2D eigenvalue weighted by Gasteiger charge is -2.27. The largest absolute Gasteiger partial charge is 0.507 e. The number of aliphatic hydroxyl groups excluding tert-OH is 1. The number of nitrogens with zero attached hydrogens (tertiary/aromatic N) is 1. The van der Waals surface area contributed by atoms with Gasteiger partial charge in [0.15, 0.2) is 0 Å². The van der Waals surface area contributed by atoms with Crippen LogP contribution in [0.25, 0.3) is 5.76 Å². The Morgan fingerprint density at radius 1 is 0.811 bits per heavy atom. The van der Waals surface area contributed by atoms with Gasteiger partial charge in [0, 0.05) is 11.3 Å². The molecule has 0 saturated carbocycles. The highest BCUT2D eigenvalue weighted by atomic mass is 19.1. The number of hydrogen-bond acceptors (Lipinski definition) is 3. The van der Waals surface area contributed by atoms with E-state index in [1.54, 1.807) is 6.92 Å². The molecule has 3 aromatic rings. The molecule has 1 amide bonds. The molecule has 0 aromatic heterocycles. The van der Waals surface area contributed by atoms with Gasteiger partial charge < -0.3 is 5.11 Å². The highest BCUT2D eigenvalue weighted by Crippen LogP contribution is 2.43. The van der Waals surface area contributed by atoms with E-state index in [2.05, 4.69) is 41.5 Å². The summed E-state index contributed by atoms with van der Waals surface area (Å²) in [6.45, 7) is 14.2. The van der Waals surface area contributed by atoms with Crippen molar-refractivity contribution in [3.8, 4) is 0 Å². The Morgan fingerprint density at radius 3 is 1.81 bits per heavy atom. The fraction of sp³-hybridized carbons (Fsp3) is 0.312. The molecule has 1 heterocycles. The molecule has 192 valence electrons. The van der Waals surface area contributed by atoms with Crippen molar-refractivity contribution < 1.29 is 19.1 Å². The highest BCUT2D eigenvalue weighted by Gasteiger charge is 2.47. The second-order valence-electron chi connectivity index (χ2n) is 11.8. The van der Waals surface area contributed by atoms with Crippen molar-refractivity contribution in [2.75, 3.05) is 4.90 Å². The molecule has 1 unspecified atom stereocenters. The molecule has 3 aromatic carbocycles. The summed E-state index contributed by atoms with van der Waals surface area (Å²) in [6.07, 6.45) is 0. The molecule has 1 fully saturated rings. The Morgan fingerprint density at radius 2 is 1.32 bits per heavy atom. The zero-order valence-corrected chi connectivity index (χ0v) is 22.5. The molecule has 37 heavy (non-hydrogen) atoms. The average Bonchev–Trinajstić information content (AvgIpc) is 3.10. The summed E-state index contributed by atoms with van der Waals surface area (Å²) >= 11 is 0. The first-order valence-electron chi connectivity index (χ1n) is 12.5. The van der Waals surface area contributed by atoms with Gasteiger partial charge in [0.1, 0.15) is 11.6 Å². The van der Waals surface area contributed by atoms with Gasteiger partial charge in [0.25, 0.3) is 11.7 Å². The number of aryl methyl sites for hydroxylation is 1. The third kappa shape index (κ3) is 4.95. The molecule has 1 saturated heterocycles. The molecular weight excluding hydrogens is 465 g/mol. The van der Waals surface area contributed by atoms with E-state index in [9.17, 15) is 19.1 Å². The minimum absolute atomic E-state index is 0.0144. The van der Waals surface area contributed by atoms with Crippen LogP contribution in [-0.4, -0.2) is 16.8 Å². The number of carbonyl (C=O) groups excluding carboxylic acids is 2. The van der Waals surface area contributed by atoms with Crippen LogP contribution in [0.15, 0.2) is 72.3 Å². The Kier molecular flexibility index (Phi) is 6.61. The van der Waals surface area contributed by atoms with Gasteiger partial charge in [-0.15, -0.1) is 0 Å². The monoisotopic (exact) mass is 499 g/mol. The fourth-order valence-electron chi connectivity index (χ4n) is 4.65. The molecule has 1 aliphatic rings. The van der Waals surface area contributed by atoms with Gasteiger partial charge in [-0.05, 0) is 70.3 Å². The maximum Gasteiger partial charge on any atom is 0.300 e. The van der Waals surface area contributed by atoms with Crippen molar-refractivity contribution in [2.24, 2.45) is 0 Å².